The summed E-state index contributed by atoms with van der Waals surface area (Å²) in [6.07, 6.45) is -13.3. The van der Waals surface area contributed by atoms with E-state index in [9.17, 15) is 52.7 Å². The van der Waals surface area contributed by atoms with E-state index in [1.807, 2.05) is 0 Å². The first-order valence-corrected chi connectivity index (χ1v) is 4.02. The van der Waals surface area contributed by atoms with Crippen molar-refractivity contribution in [3.8, 4) is 0 Å². The molecule has 0 saturated carbocycles. The third-order valence-corrected chi connectivity index (χ3v) is 2.23. The second kappa shape index (κ2) is 3.51. The summed E-state index contributed by atoms with van der Waals surface area (Å²) in [6, 6.07) is 0. The monoisotopic (exact) mass is 312 g/mol. The molecule has 112 valence electrons. The standard InChI is InChI=1S/C7F12/c8-3(9)1(5(12,13)7(17,18)19)2(4(3,10)11)6(14,15)16. The Hall–Kier alpha value is -1.10. The van der Waals surface area contributed by atoms with Crippen LogP contribution in [0, 0.1) is 0 Å². The largest absolute Gasteiger partial charge is 0.457 e. The maximum Gasteiger partial charge on any atom is 0.457 e. The van der Waals surface area contributed by atoms with Crippen LogP contribution in [0.25, 0.3) is 0 Å². The van der Waals surface area contributed by atoms with Crippen LogP contribution in [0.1, 0.15) is 0 Å². The lowest BCUT2D eigenvalue weighted by Crippen LogP contribution is -2.64. The van der Waals surface area contributed by atoms with Gasteiger partial charge in [-0.1, -0.05) is 0 Å². The van der Waals surface area contributed by atoms with Crippen LogP contribution < -0.4 is 0 Å². The lowest BCUT2D eigenvalue weighted by Gasteiger charge is -2.44. The molecule has 12 heteroatoms. The predicted octanol–water partition coefficient (Wildman–Crippen LogP) is 4.33. The molecular formula is C7F12. The lowest BCUT2D eigenvalue weighted by atomic mass is 9.76. The Morgan fingerprint density at radius 2 is 0.895 bits per heavy atom. The maximum absolute atomic E-state index is 12.5. The molecule has 0 aromatic carbocycles. The van der Waals surface area contributed by atoms with Crippen molar-refractivity contribution < 1.29 is 52.7 Å². The van der Waals surface area contributed by atoms with E-state index in [1.54, 1.807) is 0 Å². The molecule has 0 aromatic heterocycles. The second-order valence-corrected chi connectivity index (χ2v) is 3.47. The fourth-order valence-corrected chi connectivity index (χ4v) is 1.38. The summed E-state index contributed by atoms with van der Waals surface area (Å²) in [5.41, 5.74) is -7.84. The molecule has 0 saturated heterocycles. The predicted molar refractivity (Wildman–Crippen MR) is 34.0 cm³/mol. The highest BCUT2D eigenvalue weighted by Gasteiger charge is 2.85. The van der Waals surface area contributed by atoms with Gasteiger partial charge in [-0.25, -0.2) is 0 Å². The minimum absolute atomic E-state index is 3.87. The number of halogens is 12. The van der Waals surface area contributed by atoms with Gasteiger partial charge in [-0.15, -0.1) is 0 Å². The summed E-state index contributed by atoms with van der Waals surface area (Å²) in [7, 11) is 0. The van der Waals surface area contributed by atoms with Gasteiger partial charge < -0.3 is 0 Å². The van der Waals surface area contributed by atoms with E-state index in [1.165, 1.54) is 0 Å². The van der Waals surface area contributed by atoms with Gasteiger partial charge in [0.05, 0.1) is 5.57 Å². The van der Waals surface area contributed by atoms with Crippen molar-refractivity contribution in [3.05, 3.63) is 11.1 Å². The molecule has 0 heterocycles. The van der Waals surface area contributed by atoms with Gasteiger partial charge in [-0.2, -0.15) is 52.7 Å². The molecule has 1 aliphatic carbocycles. The molecule has 0 unspecified atom stereocenters. The van der Waals surface area contributed by atoms with E-state index in [2.05, 4.69) is 0 Å². The number of alkyl halides is 12. The molecule has 1 aliphatic rings. The normalized spacial score (nSPS) is 23.4. The smallest absolute Gasteiger partial charge is 0.194 e. The van der Waals surface area contributed by atoms with Crippen LogP contribution in [0.3, 0.4) is 0 Å². The molecule has 0 amide bonds. The Labute approximate surface area is 95.2 Å². The van der Waals surface area contributed by atoms with Crippen molar-refractivity contribution in [3.63, 3.8) is 0 Å². The van der Waals surface area contributed by atoms with Crippen LogP contribution in [0.5, 0.6) is 0 Å². The van der Waals surface area contributed by atoms with Crippen LogP contribution >= 0.6 is 0 Å². The Morgan fingerprint density at radius 3 is 1.16 bits per heavy atom. The van der Waals surface area contributed by atoms with Gasteiger partial charge in [-0.3, -0.25) is 0 Å². The van der Waals surface area contributed by atoms with Crippen LogP contribution in [0.15, 0.2) is 11.1 Å². The van der Waals surface area contributed by atoms with Crippen LogP contribution in [0.4, 0.5) is 52.7 Å². The van der Waals surface area contributed by atoms with Gasteiger partial charge in [-0.05, 0) is 0 Å². The van der Waals surface area contributed by atoms with Gasteiger partial charge in [0.15, 0.2) is 0 Å². The van der Waals surface area contributed by atoms with Crippen molar-refractivity contribution in [1.29, 1.82) is 0 Å². The molecule has 0 fully saturated rings. The van der Waals surface area contributed by atoms with Crippen LogP contribution in [-0.4, -0.2) is 30.1 Å². The van der Waals surface area contributed by atoms with Gasteiger partial charge >= 0.3 is 30.1 Å². The zero-order valence-corrected chi connectivity index (χ0v) is 8.04. The summed E-state index contributed by atoms with van der Waals surface area (Å²) in [5.74, 6) is -19.1. The highest BCUT2D eigenvalue weighted by atomic mass is 19.4. The molecule has 0 radical (unpaired) electrons. The Kier molecular flexibility index (Phi) is 2.95. The van der Waals surface area contributed by atoms with Crippen molar-refractivity contribution in [1.82, 2.24) is 0 Å². The third kappa shape index (κ3) is 1.86. The molecule has 0 N–H and O–H groups in total. The van der Waals surface area contributed by atoms with Crippen molar-refractivity contribution in [2.45, 2.75) is 30.1 Å². The number of hydrogen-bond acceptors (Lipinski definition) is 0. The van der Waals surface area contributed by atoms with Gasteiger partial charge in [0.1, 0.15) is 5.57 Å². The second-order valence-electron chi connectivity index (χ2n) is 3.47. The maximum atomic E-state index is 12.5. The first kappa shape index (κ1) is 16.0. The van der Waals surface area contributed by atoms with Gasteiger partial charge in [0.25, 0.3) is 0 Å². The molecule has 0 aromatic rings. The minimum Gasteiger partial charge on any atom is -0.194 e. The molecule has 19 heavy (non-hydrogen) atoms. The molecule has 1 rings (SSSR count). The molecule has 0 bridgehead atoms. The number of allylic oxidation sites excluding steroid dienone is 2. The summed E-state index contributed by atoms with van der Waals surface area (Å²) >= 11 is 0. The average Bonchev–Trinajstić information content (AvgIpc) is 2.08. The molecule has 0 aliphatic heterocycles. The third-order valence-electron chi connectivity index (χ3n) is 2.23. The molecular weight excluding hydrogens is 312 g/mol. The minimum atomic E-state index is -6.86. The van der Waals surface area contributed by atoms with Gasteiger partial charge in [0, 0.05) is 0 Å². The zero-order chi connectivity index (χ0) is 15.7. The van der Waals surface area contributed by atoms with E-state index in [0.29, 0.717) is 0 Å². The number of hydrogen-bond donors (Lipinski definition) is 0. The fourth-order valence-electron chi connectivity index (χ4n) is 1.38. The SMILES string of the molecule is FC(F)(F)C1=C(C(F)(F)C(F)(F)F)C(F)(F)C1(F)F. The summed E-state index contributed by atoms with van der Waals surface area (Å²) in [5, 5.41) is 0. The zero-order valence-electron chi connectivity index (χ0n) is 8.04. The number of rotatable bonds is 1. The summed E-state index contributed by atoms with van der Waals surface area (Å²) in [4.78, 5) is 0. The molecule has 0 atom stereocenters. The lowest BCUT2D eigenvalue weighted by molar-refractivity contribution is -0.307. The first-order chi connectivity index (χ1) is 7.99. The summed E-state index contributed by atoms with van der Waals surface area (Å²) in [6.45, 7) is 0. The van der Waals surface area contributed by atoms with E-state index < -0.39 is 41.3 Å². The Bertz CT molecular complexity index is 418. The quantitative estimate of drug-likeness (QED) is 0.499. The van der Waals surface area contributed by atoms with Gasteiger partial charge in [0.2, 0.25) is 0 Å². The summed E-state index contributed by atoms with van der Waals surface area (Å²) < 4.78 is 146. The Balaban J connectivity index is 3.62. The van der Waals surface area contributed by atoms with E-state index in [0.717, 1.165) is 0 Å². The van der Waals surface area contributed by atoms with Crippen molar-refractivity contribution in [2.24, 2.45) is 0 Å². The van der Waals surface area contributed by atoms with E-state index in [-0.39, 0.29) is 0 Å². The van der Waals surface area contributed by atoms with Crippen molar-refractivity contribution >= 4 is 0 Å². The van der Waals surface area contributed by atoms with E-state index >= 15 is 0 Å². The van der Waals surface area contributed by atoms with Crippen LogP contribution in [-0.2, 0) is 0 Å². The van der Waals surface area contributed by atoms with Crippen LogP contribution in [0.2, 0.25) is 0 Å². The topological polar surface area (TPSA) is 0 Å². The average molecular weight is 312 g/mol. The highest BCUT2D eigenvalue weighted by Crippen LogP contribution is 2.65. The highest BCUT2D eigenvalue weighted by molar-refractivity contribution is 5.50. The molecule has 0 nitrogen and oxygen atoms in total. The first-order valence-electron chi connectivity index (χ1n) is 4.02. The fraction of sp³-hybridized carbons (Fsp3) is 0.714. The van der Waals surface area contributed by atoms with E-state index in [4.69, 9.17) is 0 Å². The Morgan fingerprint density at radius 1 is 0.579 bits per heavy atom. The van der Waals surface area contributed by atoms with Crippen molar-refractivity contribution in [2.75, 3.05) is 0 Å². The molecule has 0 spiro atoms.